The fraction of sp³-hybridized carbons (Fsp3) is 0.290. The lowest BCUT2D eigenvalue weighted by Crippen LogP contribution is -2.49. The highest BCUT2D eigenvalue weighted by atomic mass is 19.4. The van der Waals surface area contributed by atoms with Crippen LogP contribution < -0.4 is 9.80 Å². The van der Waals surface area contributed by atoms with Crippen molar-refractivity contribution in [2.24, 2.45) is 0 Å². The van der Waals surface area contributed by atoms with E-state index in [1.807, 2.05) is 0 Å². The van der Waals surface area contributed by atoms with Crippen LogP contribution in [0.4, 0.5) is 18.9 Å². The number of carbonyl (C=O) groups is 2. The zero-order chi connectivity index (χ0) is 29.8. The van der Waals surface area contributed by atoms with Crippen molar-refractivity contribution in [1.29, 1.82) is 0 Å². The molecular weight excluding hydrogens is 539 g/mol. The van der Waals surface area contributed by atoms with Crippen molar-refractivity contribution >= 4 is 17.6 Å². The van der Waals surface area contributed by atoms with Crippen molar-refractivity contribution in [3.05, 3.63) is 107 Å². The van der Waals surface area contributed by atoms with Gasteiger partial charge in [-0.05, 0) is 78.6 Å². The summed E-state index contributed by atoms with van der Waals surface area (Å²) in [7, 11) is 2.77. The van der Waals surface area contributed by atoms with E-state index in [0.29, 0.717) is 33.7 Å². The summed E-state index contributed by atoms with van der Waals surface area (Å²) in [6, 6.07) is 16.7. The van der Waals surface area contributed by atoms with Crippen LogP contribution in [0.2, 0.25) is 0 Å². The molecule has 2 atom stereocenters. The molecule has 1 fully saturated rings. The van der Waals surface area contributed by atoms with Gasteiger partial charge in [-0.1, -0.05) is 30.8 Å². The van der Waals surface area contributed by atoms with Crippen LogP contribution in [0.5, 0.6) is 5.75 Å². The number of nitrogens with zero attached hydrogens (tertiary/aromatic N) is 1. The average molecular weight is 570 g/mol. The van der Waals surface area contributed by atoms with E-state index < -0.39 is 35.1 Å². The van der Waals surface area contributed by atoms with Gasteiger partial charge in [0.15, 0.2) is 0 Å². The van der Waals surface area contributed by atoms with E-state index in [1.54, 1.807) is 55.5 Å². The molecule has 10 heteroatoms. The molecule has 41 heavy (non-hydrogen) atoms. The number of hydrogen-bond acceptors (Lipinski definition) is 7. The Kier molecular flexibility index (Phi) is 8.72. The monoisotopic (exact) mass is 569 g/mol. The quantitative estimate of drug-likeness (QED) is 0.239. The number of ether oxygens (including phenoxy) is 3. The fourth-order valence-electron chi connectivity index (χ4n) is 5.07. The van der Waals surface area contributed by atoms with Crippen molar-refractivity contribution in [2.75, 3.05) is 32.5 Å². The standard InChI is InChI=1S/C31H30F3NO6/c1-5-40-28(36)22-8-14-25(15-9-22)35-27(21-6-10-24(11-7-21)31(32,33)34)30(29(37)39-4,18-20(2)19-41-35)23-12-16-26(38-3)17-13-23/h6-17,27H,2,5,18-19H2,1,3-4H3/t27-,30+/m0/s1. The smallest absolute Gasteiger partial charge is 0.416 e. The van der Waals surface area contributed by atoms with Crippen molar-refractivity contribution in [3.8, 4) is 5.75 Å². The van der Waals surface area contributed by atoms with Crippen molar-refractivity contribution in [1.82, 2.24) is 0 Å². The van der Waals surface area contributed by atoms with Gasteiger partial charge in [0.05, 0.1) is 44.2 Å². The van der Waals surface area contributed by atoms with Crippen LogP contribution >= 0.6 is 0 Å². The van der Waals surface area contributed by atoms with Gasteiger partial charge in [0.2, 0.25) is 0 Å². The second kappa shape index (κ2) is 12.1. The lowest BCUT2D eigenvalue weighted by atomic mass is 9.67. The van der Waals surface area contributed by atoms with Crippen LogP contribution in [0.1, 0.15) is 46.4 Å². The van der Waals surface area contributed by atoms with Gasteiger partial charge in [0, 0.05) is 0 Å². The summed E-state index contributed by atoms with van der Waals surface area (Å²) in [6.45, 7) is 6.04. The maximum Gasteiger partial charge on any atom is 0.416 e. The third-order valence-electron chi connectivity index (χ3n) is 6.98. The number of hydrogen-bond donors (Lipinski definition) is 0. The summed E-state index contributed by atoms with van der Waals surface area (Å²) in [5.74, 6) is -0.590. The largest absolute Gasteiger partial charge is 0.497 e. The summed E-state index contributed by atoms with van der Waals surface area (Å²) in [5.41, 5.74) is -0.144. The van der Waals surface area contributed by atoms with Gasteiger partial charge in [-0.15, -0.1) is 0 Å². The fourth-order valence-corrected chi connectivity index (χ4v) is 5.07. The number of methoxy groups -OCH3 is 2. The van der Waals surface area contributed by atoms with Gasteiger partial charge in [0.25, 0.3) is 0 Å². The van der Waals surface area contributed by atoms with Gasteiger partial charge in [-0.2, -0.15) is 13.2 Å². The van der Waals surface area contributed by atoms with E-state index in [9.17, 15) is 22.8 Å². The van der Waals surface area contributed by atoms with Crippen LogP contribution in [0.3, 0.4) is 0 Å². The number of benzene rings is 3. The molecule has 0 spiro atoms. The number of halogens is 3. The summed E-state index contributed by atoms with van der Waals surface area (Å²) < 4.78 is 56.2. The molecule has 1 aliphatic heterocycles. The lowest BCUT2D eigenvalue weighted by molar-refractivity contribution is -0.149. The molecular formula is C31H30F3NO6. The van der Waals surface area contributed by atoms with Gasteiger partial charge in [0.1, 0.15) is 17.2 Å². The van der Waals surface area contributed by atoms with E-state index in [4.69, 9.17) is 19.0 Å². The molecule has 0 aromatic heterocycles. The van der Waals surface area contributed by atoms with E-state index in [0.717, 1.165) is 12.1 Å². The number of anilines is 1. The highest BCUT2D eigenvalue weighted by Crippen LogP contribution is 2.50. The molecule has 1 heterocycles. The maximum atomic E-state index is 13.9. The van der Waals surface area contributed by atoms with Crippen LogP contribution in [-0.4, -0.2) is 39.4 Å². The van der Waals surface area contributed by atoms with E-state index >= 15 is 0 Å². The van der Waals surface area contributed by atoms with Gasteiger partial charge >= 0.3 is 18.1 Å². The predicted octanol–water partition coefficient (Wildman–Crippen LogP) is 6.44. The molecule has 1 saturated heterocycles. The average Bonchev–Trinajstić information content (AvgIpc) is 3.13. The number of rotatable bonds is 7. The van der Waals surface area contributed by atoms with Crippen LogP contribution in [0.15, 0.2) is 84.9 Å². The highest BCUT2D eigenvalue weighted by Gasteiger charge is 2.54. The predicted molar refractivity (Wildman–Crippen MR) is 145 cm³/mol. The van der Waals surface area contributed by atoms with Gasteiger partial charge in [-0.3, -0.25) is 9.63 Å². The van der Waals surface area contributed by atoms with E-state index in [-0.39, 0.29) is 19.6 Å². The van der Waals surface area contributed by atoms with Gasteiger partial charge in [-0.25, -0.2) is 9.86 Å². The third kappa shape index (κ3) is 5.92. The minimum absolute atomic E-state index is 0.0195. The second-order valence-corrected chi connectivity index (χ2v) is 9.51. The molecule has 0 bridgehead atoms. The van der Waals surface area contributed by atoms with Crippen LogP contribution in [-0.2, 0) is 30.7 Å². The Balaban J connectivity index is 1.97. The number of esters is 2. The van der Waals surface area contributed by atoms with Crippen LogP contribution in [0, 0.1) is 0 Å². The first-order valence-electron chi connectivity index (χ1n) is 12.8. The number of hydroxylamine groups is 1. The Morgan fingerprint density at radius 2 is 1.63 bits per heavy atom. The second-order valence-electron chi connectivity index (χ2n) is 9.51. The molecule has 216 valence electrons. The first-order valence-corrected chi connectivity index (χ1v) is 12.8. The molecule has 0 saturated carbocycles. The third-order valence-corrected chi connectivity index (χ3v) is 6.98. The van der Waals surface area contributed by atoms with Crippen LogP contribution in [0.25, 0.3) is 0 Å². The van der Waals surface area contributed by atoms with Crippen molar-refractivity contribution in [3.63, 3.8) is 0 Å². The zero-order valence-electron chi connectivity index (χ0n) is 22.9. The Morgan fingerprint density at radius 3 is 2.17 bits per heavy atom. The van der Waals surface area contributed by atoms with Gasteiger partial charge < -0.3 is 14.2 Å². The summed E-state index contributed by atoms with van der Waals surface area (Å²) in [5, 5.41) is 1.47. The Bertz CT molecular complexity index is 1390. The molecule has 0 unspecified atom stereocenters. The summed E-state index contributed by atoms with van der Waals surface area (Å²) in [6.07, 6.45) is -4.47. The zero-order valence-corrected chi connectivity index (χ0v) is 22.9. The summed E-state index contributed by atoms with van der Waals surface area (Å²) >= 11 is 0. The minimum atomic E-state index is -4.55. The number of alkyl halides is 3. The summed E-state index contributed by atoms with van der Waals surface area (Å²) in [4.78, 5) is 32.4. The van der Waals surface area contributed by atoms with Crippen molar-refractivity contribution < 1.29 is 41.8 Å². The molecule has 3 aromatic rings. The molecule has 0 aliphatic carbocycles. The highest BCUT2D eigenvalue weighted by molar-refractivity contribution is 5.90. The molecule has 7 nitrogen and oxygen atoms in total. The van der Waals surface area contributed by atoms with E-state index in [1.165, 1.54) is 31.4 Å². The Labute approximate surface area is 236 Å². The molecule has 0 amide bonds. The first-order chi connectivity index (χ1) is 19.5. The lowest BCUT2D eigenvalue weighted by Gasteiger charge is -2.43. The SMILES string of the molecule is C=C1CON(c2ccc(C(=O)OCC)cc2)[C@@H](c2ccc(C(F)(F)F)cc2)[C@](C(=O)OC)(c2ccc(OC)cc2)C1. The topological polar surface area (TPSA) is 74.3 Å². The van der Waals surface area contributed by atoms with Crippen molar-refractivity contribution in [2.45, 2.75) is 31.0 Å². The molecule has 0 N–H and O–H groups in total. The molecule has 0 radical (unpaired) electrons. The Hall–Kier alpha value is -4.31. The molecule has 3 aromatic carbocycles. The first kappa shape index (κ1) is 29.7. The van der Waals surface area contributed by atoms with E-state index in [2.05, 4.69) is 6.58 Å². The molecule has 4 rings (SSSR count). The minimum Gasteiger partial charge on any atom is -0.497 e. The maximum absolute atomic E-state index is 13.9. The normalized spacial score (nSPS) is 19.3. The number of carbonyl (C=O) groups excluding carboxylic acids is 2. The molecule has 1 aliphatic rings. The Morgan fingerprint density at radius 1 is 1.00 bits per heavy atom.